The Bertz CT molecular complexity index is 887. The molecule has 1 aliphatic rings. The molecule has 0 amide bonds. The minimum Gasteiger partial charge on any atom is -0.659 e. The second-order valence-corrected chi connectivity index (χ2v) is 6.02. The Kier molecular flexibility index (Phi) is 7.85. The molecule has 1 aromatic heterocycles. The molecule has 3 aromatic rings. The van der Waals surface area contributed by atoms with Gasteiger partial charge in [0.2, 0.25) is 0 Å². The number of rotatable bonds is 2. The summed E-state index contributed by atoms with van der Waals surface area (Å²) in [7, 11) is 1.00. The van der Waals surface area contributed by atoms with Crippen LogP contribution in [0.15, 0.2) is 36.5 Å². The maximum atomic E-state index is 13.7. The van der Waals surface area contributed by atoms with E-state index in [0.717, 1.165) is 49.9 Å². The SMILES string of the molecule is CO.Cc1cc(-n2ncc3cc(N4CC[N-]CC4)ccc32)cc(F)c1F.[Y]. The van der Waals surface area contributed by atoms with Crippen molar-refractivity contribution in [3.8, 4) is 5.69 Å². The zero-order valence-corrected chi connectivity index (χ0v) is 18.2. The Hall–Kier alpha value is -1.41. The molecule has 0 bridgehead atoms. The monoisotopic (exact) mass is 448 g/mol. The third-order valence-electron chi connectivity index (χ3n) is 4.41. The zero-order chi connectivity index (χ0) is 18.7. The van der Waals surface area contributed by atoms with Crippen molar-refractivity contribution in [3.05, 3.63) is 59.0 Å². The first-order chi connectivity index (χ1) is 12.6. The van der Waals surface area contributed by atoms with Gasteiger partial charge in [0.15, 0.2) is 11.6 Å². The summed E-state index contributed by atoms with van der Waals surface area (Å²) in [4.78, 5) is 2.30. The maximum Gasteiger partial charge on any atom is 0.161 e. The molecular formula is C19H21F2N4OY-. The van der Waals surface area contributed by atoms with Gasteiger partial charge in [-0.15, -0.1) is 13.1 Å². The molecule has 27 heavy (non-hydrogen) atoms. The second kappa shape index (κ2) is 9.69. The number of aliphatic hydroxyl groups excluding tert-OH is 1. The van der Waals surface area contributed by atoms with E-state index in [-0.39, 0.29) is 38.3 Å². The second-order valence-electron chi connectivity index (χ2n) is 6.02. The molecule has 0 atom stereocenters. The van der Waals surface area contributed by atoms with Gasteiger partial charge in [0, 0.05) is 57.0 Å². The molecule has 5 nitrogen and oxygen atoms in total. The Balaban J connectivity index is 0.000000844. The Morgan fingerprint density at radius 1 is 1.04 bits per heavy atom. The first kappa shape index (κ1) is 21.9. The summed E-state index contributed by atoms with van der Waals surface area (Å²) in [6, 6.07) is 8.87. The summed E-state index contributed by atoms with van der Waals surface area (Å²) in [5.74, 6) is -1.67. The molecule has 0 aliphatic carbocycles. The van der Waals surface area contributed by atoms with Gasteiger partial charge in [0.1, 0.15) is 0 Å². The predicted molar refractivity (Wildman–Crippen MR) is 99.2 cm³/mol. The Labute approximate surface area is 182 Å². The van der Waals surface area contributed by atoms with Gasteiger partial charge in [0.05, 0.1) is 17.4 Å². The number of fused-ring (bicyclic) bond motifs is 1. The minimum absolute atomic E-state index is 0. The van der Waals surface area contributed by atoms with Gasteiger partial charge in [-0.05, 0) is 49.8 Å². The average Bonchev–Trinajstić information content (AvgIpc) is 3.11. The predicted octanol–water partition coefficient (Wildman–Crippen LogP) is 3.41. The summed E-state index contributed by atoms with van der Waals surface area (Å²) >= 11 is 0. The molecule has 1 fully saturated rings. The smallest absolute Gasteiger partial charge is 0.161 e. The average molecular weight is 448 g/mol. The van der Waals surface area contributed by atoms with Gasteiger partial charge in [-0.2, -0.15) is 5.10 Å². The van der Waals surface area contributed by atoms with E-state index in [1.165, 1.54) is 6.07 Å². The van der Waals surface area contributed by atoms with Crippen molar-refractivity contribution >= 4 is 16.6 Å². The first-order valence-electron chi connectivity index (χ1n) is 8.40. The Morgan fingerprint density at radius 2 is 1.74 bits per heavy atom. The number of halogens is 2. The molecule has 0 unspecified atom stereocenters. The third-order valence-corrected chi connectivity index (χ3v) is 4.41. The maximum absolute atomic E-state index is 13.7. The third kappa shape index (κ3) is 4.54. The van der Waals surface area contributed by atoms with E-state index in [1.54, 1.807) is 23.9 Å². The van der Waals surface area contributed by atoms with Gasteiger partial charge in [-0.3, -0.25) is 0 Å². The van der Waals surface area contributed by atoms with Crippen LogP contribution >= 0.6 is 0 Å². The molecule has 1 aliphatic heterocycles. The van der Waals surface area contributed by atoms with Crippen LogP contribution in [0.2, 0.25) is 0 Å². The van der Waals surface area contributed by atoms with Gasteiger partial charge in [0.25, 0.3) is 0 Å². The van der Waals surface area contributed by atoms with Crippen LogP contribution in [0.3, 0.4) is 0 Å². The van der Waals surface area contributed by atoms with Crippen LogP contribution in [0.5, 0.6) is 0 Å². The number of aromatic nitrogens is 2. The van der Waals surface area contributed by atoms with E-state index in [4.69, 9.17) is 5.11 Å². The normalized spacial score (nSPS) is 13.7. The van der Waals surface area contributed by atoms with Crippen molar-refractivity contribution in [3.63, 3.8) is 0 Å². The summed E-state index contributed by atoms with van der Waals surface area (Å²) in [5, 5.41) is 16.7. The molecule has 1 N–H and O–H groups in total. The van der Waals surface area contributed by atoms with Crippen LogP contribution in [0.25, 0.3) is 21.9 Å². The van der Waals surface area contributed by atoms with Crippen molar-refractivity contribution in [2.24, 2.45) is 0 Å². The van der Waals surface area contributed by atoms with Gasteiger partial charge < -0.3 is 15.3 Å². The zero-order valence-electron chi connectivity index (χ0n) is 15.4. The van der Waals surface area contributed by atoms with Gasteiger partial charge in [-0.1, -0.05) is 0 Å². The summed E-state index contributed by atoms with van der Waals surface area (Å²) in [6.07, 6.45) is 1.75. The van der Waals surface area contributed by atoms with E-state index in [9.17, 15) is 8.78 Å². The fraction of sp³-hybridized carbons (Fsp3) is 0.316. The number of hydrogen-bond acceptors (Lipinski definition) is 3. The van der Waals surface area contributed by atoms with Crippen LogP contribution in [0.4, 0.5) is 14.5 Å². The van der Waals surface area contributed by atoms with Crippen LogP contribution in [-0.4, -0.2) is 48.2 Å². The summed E-state index contributed by atoms with van der Waals surface area (Å²) in [6.45, 7) is 5.09. The number of aryl methyl sites for hydroxylation is 1. The van der Waals surface area contributed by atoms with Crippen molar-refractivity contribution in [2.75, 3.05) is 38.2 Å². The molecule has 141 valence electrons. The van der Waals surface area contributed by atoms with E-state index in [0.29, 0.717) is 5.69 Å². The molecule has 8 heteroatoms. The van der Waals surface area contributed by atoms with E-state index >= 15 is 0 Å². The number of nitrogens with zero attached hydrogens (tertiary/aromatic N) is 4. The van der Waals surface area contributed by atoms with Crippen molar-refractivity contribution < 1.29 is 46.6 Å². The van der Waals surface area contributed by atoms with E-state index in [2.05, 4.69) is 21.4 Å². The molecule has 2 heterocycles. The largest absolute Gasteiger partial charge is 0.659 e. The standard InChI is InChI=1S/C18H17F2N4.CH4O.Y/c1-12-8-15(10-16(19)18(12)20)24-17-3-2-14(9-13(17)11-22-24)23-6-4-21-5-7-23;1-2;/h2-3,8-11H,4-7H2,1H3;2H,1H3;/q-1;;. The Morgan fingerprint density at radius 3 is 2.41 bits per heavy atom. The van der Waals surface area contributed by atoms with Crippen LogP contribution < -0.4 is 4.90 Å². The fourth-order valence-electron chi connectivity index (χ4n) is 3.12. The molecule has 1 radical (unpaired) electrons. The molecule has 4 rings (SSSR count). The number of piperazine rings is 1. The first-order valence-corrected chi connectivity index (χ1v) is 8.40. The number of hydrogen-bond donors (Lipinski definition) is 1. The quantitative estimate of drug-likeness (QED) is 0.654. The number of aliphatic hydroxyl groups is 1. The summed E-state index contributed by atoms with van der Waals surface area (Å²) < 4.78 is 28.9. The van der Waals surface area contributed by atoms with Crippen molar-refractivity contribution in [2.45, 2.75) is 6.92 Å². The topological polar surface area (TPSA) is 55.4 Å². The van der Waals surface area contributed by atoms with E-state index in [1.807, 2.05) is 12.1 Å². The minimum atomic E-state index is -0.859. The molecule has 2 aromatic carbocycles. The van der Waals surface area contributed by atoms with Crippen LogP contribution in [0, 0.1) is 18.6 Å². The van der Waals surface area contributed by atoms with Crippen LogP contribution in [0.1, 0.15) is 5.56 Å². The van der Waals surface area contributed by atoms with Crippen LogP contribution in [-0.2, 0) is 32.7 Å². The van der Waals surface area contributed by atoms with Gasteiger partial charge >= 0.3 is 0 Å². The van der Waals surface area contributed by atoms with Crippen molar-refractivity contribution in [1.29, 1.82) is 0 Å². The number of anilines is 1. The molecule has 0 spiro atoms. The number of benzene rings is 2. The molecular weight excluding hydrogens is 427 g/mol. The fourth-order valence-corrected chi connectivity index (χ4v) is 3.12. The molecule has 1 saturated heterocycles. The summed E-state index contributed by atoms with van der Waals surface area (Å²) in [5.41, 5.74) is 2.79. The van der Waals surface area contributed by atoms with Gasteiger partial charge in [-0.25, -0.2) is 13.5 Å². The van der Waals surface area contributed by atoms with Crippen molar-refractivity contribution in [1.82, 2.24) is 9.78 Å². The van der Waals surface area contributed by atoms with E-state index < -0.39 is 11.6 Å². The molecule has 0 saturated carbocycles.